The largest absolute Gasteiger partial charge is 0.487 e. The van der Waals surface area contributed by atoms with E-state index < -0.39 is 5.82 Å². The molecule has 0 amide bonds. The summed E-state index contributed by atoms with van der Waals surface area (Å²) < 4.78 is 20.6. The molecular weight excluding hydrogens is 245 g/mol. The highest BCUT2D eigenvalue weighted by Crippen LogP contribution is 2.19. The Labute approximate surface area is 112 Å². The first-order chi connectivity index (χ1) is 9.10. The third-order valence-electron chi connectivity index (χ3n) is 3.06. The number of rotatable bonds is 5. The lowest BCUT2D eigenvalue weighted by atomic mass is 10.3. The van der Waals surface area contributed by atoms with Crippen LogP contribution in [0.3, 0.4) is 0 Å². The minimum Gasteiger partial charge on any atom is -0.487 e. The van der Waals surface area contributed by atoms with E-state index in [9.17, 15) is 4.39 Å². The molecule has 1 atom stereocenters. The molecule has 0 saturated heterocycles. The summed E-state index contributed by atoms with van der Waals surface area (Å²) in [4.78, 5) is 0. The average molecular weight is 263 g/mol. The molecule has 0 radical (unpaired) electrons. The van der Waals surface area contributed by atoms with E-state index in [0.29, 0.717) is 18.4 Å². The first-order valence-electron chi connectivity index (χ1n) is 6.32. The number of nitrogen functional groups attached to an aromatic ring is 1. The number of hydrogen-bond acceptors (Lipinski definition) is 3. The van der Waals surface area contributed by atoms with Gasteiger partial charge in [0.15, 0.2) is 0 Å². The predicted molar refractivity (Wildman–Crippen MR) is 72.4 cm³/mol. The Bertz CT molecular complexity index is 553. The summed E-state index contributed by atoms with van der Waals surface area (Å²) in [6.07, 6.45) is 2.95. The second kappa shape index (κ2) is 5.73. The van der Waals surface area contributed by atoms with Gasteiger partial charge >= 0.3 is 0 Å². The molecule has 19 heavy (non-hydrogen) atoms. The van der Waals surface area contributed by atoms with Gasteiger partial charge in [0.1, 0.15) is 18.2 Å². The van der Waals surface area contributed by atoms with Crippen LogP contribution in [-0.4, -0.2) is 9.78 Å². The molecule has 0 saturated carbocycles. The van der Waals surface area contributed by atoms with Crippen molar-refractivity contribution in [3.05, 3.63) is 42.0 Å². The van der Waals surface area contributed by atoms with Gasteiger partial charge in [0.25, 0.3) is 0 Å². The molecule has 0 bridgehead atoms. The summed E-state index contributed by atoms with van der Waals surface area (Å²) in [7, 11) is 0. The summed E-state index contributed by atoms with van der Waals surface area (Å²) in [5.74, 6) is -0.0209. The molecule has 1 aromatic carbocycles. The standard InChI is InChI=1S/C14H18FN3O/c1-3-10(2)18-7-6-11(17-18)9-19-12-4-5-14(16)13(15)8-12/h4-8,10H,3,9,16H2,1-2H3. The molecule has 1 aromatic heterocycles. The van der Waals surface area contributed by atoms with Gasteiger partial charge in [-0.15, -0.1) is 0 Å². The number of ether oxygens (including phenoxy) is 1. The van der Waals surface area contributed by atoms with Crippen LogP contribution in [0.1, 0.15) is 32.0 Å². The van der Waals surface area contributed by atoms with E-state index in [-0.39, 0.29) is 5.69 Å². The first-order valence-corrected chi connectivity index (χ1v) is 6.32. The number of benzene rings is 1. The highest BCUT2D eigenvalue weighted by Gasteiger charge is 2.06. The van der Waals surface area contributed by atoms with Crippen LogP contribution >= 0.6 is 0 Å². The molecule has 0 aliphatic rings. The molecule has 0 fully saturated rings. The maximum Gasteiger partial charge on any atom is 0.149 e. The normalized spacial score (nSPS) is 12.4. The van der Waals surface area contributed by atoms with Crippen molar-refractivity contribution in [1.29, 1.82) is 0 Å². The number of nitrogens with zero attached hydrogens (tertiary/aromatic N) is 2. The number of aromatic nitrogens is 2. The van der Waals surface area contributed by atoms with Crippen molar-refractivity contribution < 1.29 is 9.13 Å². The lowest BCUT2D eigenvalue weighted by Crippen LogP contribution is -2.05. The van der Waals surface area contributed by atoms with Gasteiger partial charge in [-0.25, -0.2) is 4.39 Å². The van der Waals surface area contributed by atoms with Crippen molar-refractivity contribution >= 4 is 5.69 Å². The Morgan fingerprint density at radius 3 is 2.89 bits per heavy atom. The predicted octanol–water partition coefficient (Wildman–Crippen LogP) is 3.15. The molecule has 2 aromatic rings. The monoisotopic (exact) mass is 263 g/mol. The zero-order valence-electron chi connectivity index (χ0n) is 11.1. The molecule has 2 rings (SSSR count). The van der Waals surface area contributed by atoms with Gasteiger partial charge in [-0.1, -0.05) is 6.92 Å². The number of hydrogen-bond donors (Lipinski definition) is 1. The van der Waals surface area contributed by atoms with E-state index in [0.717, 1.165) is 12.1 Å². The topological polar surface area (TPSA) is 53.1 Å². The van der Waals surface area contributed by atoms with Crippen LogP contribution in [-0.2, 0) is 6.61 Å². The molecule has 5 heteroatoms. The molecule has 102 valence electrons. The Balaban J connectivity index is 1.98. The summed E-state index contributed by atoms with van der Waals surface area (Å²) in [6.45, 7) is 4.53. The maximum atomic E-state index is 13.2. The Kier molecular flexibility index (Phi) is 4.04. The van der Waals surface area contributed by atoms with Crippen molar-refractivity contribution in [3.8, 4) is 5.75 Å². The Morgan fingerprint density at radius 2 is 2.21 bits per heavy atom. The van der Waals surface area contributed by atoms with Gasteiger partial charge in [-0.3, -0.25) is 4.68 Å². The Hall–Kier alpha value is -2.04. The number of nitrogens with two attached hydrogens (primary N) is 1. The fraction of sp³-hybridized carbons (Fsp3) is 0.357. The van der Waals surface area contributed by atoms with Crippen molar-refractivity contribution in [2.75, 3.05) is 5.73 Å². The third kappa shape index (κ3) is 3.24. The van der Waals surface area contributed by atoms with Crippen LogP contribution in [0.2, 0.25) is 0 Å². The van der Waals surface area contributed by atoms with Crippen molar-refractivity contribution in [2.24, 2.45) is 0 Å². The van der Waals surface area contributed by atoms with Gasteiger partial charge in [-0.2, -0.15) is 5.10 Å². The molecule has 4 nitrogen and oxygen atoms in total. The molecule has 2 N–H and O–H groups in total. The molecule has 0 spiro atoms. The zero-order chi connectivity index (χ0) is 13.8. The molecule has 0 aliphatic carbocycles. The Morgan fingerprint density at radius 1 is 1.42 bits per heavy atom. The fourth-order valence-corrected chi connectivity index (χ4v) is 1.64. The summed E-state index contributed by atoms with van der Waals surface area (Å²) in [5, 5.41) is 4.41. The fourth-order valence-electron chi connectivity index (χ4n) is 1.64. The minimum atomic E-state index is -0.470. The van der Waals surface area contributed by atoms with Crippen LogP contribution in [0, 0.1) is 5.82 Å². The summed E-state index contributed by atoms with van der Waals surface area (Å²) in [5.41, 5.74) is 6.34. The van der Waals surface area contributed by atoms with E-state index in [1.807, 2.05) is 16.9 Å². The summed E-state index contributed by atoms with van der Waals surface area (Å²) in [6, 6.07) is 6.68. The average Bonchev–Trinajstić information content (AvgIpc) is 2.88. The van der Waals surface area contributed by atoms with Gasteiger partial charge < -0.3 is 10.5 Å². The van der Waals surface area contributed by atoms with E-state index >= 15 is 0 Å². The van der Waals surface area contributed by atoms with E-state index in [4.69, 9.17) is 10.5 Å². The second-order valence-electron chi connectivity index (χ2n) is 4.52. The van der Waals surface area contributed by atoms with E-state index in [2.05, 4.69) is 18.9 Å². The first kappa shape index (κ1) is 13.4. The molecule has 1 heterocycles. The molecular formula is C14H18FN3O. The van der Waals surface area contributed by atoms with Gasteiger partial charge in [0, 0.05) is 18.3 Å². The molecule has 0 aliphatic heterocycles. The zero-order valence-corrected chi connectivity index (χ0v) is 11.1. The van der Waals surface area contributed by atoms with Crippen LogP contribution < -0.4 is 10.5 Å². The van der Waals surface area contributed by atoms with Crippen molar-refractivity contribution in [2.45, 2.75) is 32.9 Å². The highest BCUT2D eigenvalue weighted by atomic mass is 19.1. The smallest absolute Gasteiger partial charge is 0.149 e. The second-order valence-corrected chi connectivity index (χ2v) is 4.52. The van der Waals surface area contributed by atoms with Crippen LogP contribution in [0.5, 0.6) is 5.75 Å². The lowest BCUT2D eigenvalue weighted by Gasteiger charge is -2.08. The van der Waals surface area contributed by atoms with Crippen LogP contribution in [0.4, 0.5) is 10.1 Å². The SMILES string of the molecule is CCC(C)n1ccc(COc2ccc(N)c(F)c2)n1. The third-order valence-corrected chi connectivity index (χ3v) is 3.06. The quantitative estimate of drug-likeness (QED) is 0.843. The minimum absolute atomic E-state index is 0.119. The number of anilines is 1. The van der Waals surface area contributed by atoms with Crippen molar-refractivity contribution in [3.63, 3.8) is 0 Å². The maximum absolute atomic E-state index is 13.2. The number of halogens is 1. The molecule has 1 unspecified atom stereocenters. The van der Waals surface area contributed by atoms with E-state index in [1.54, 1.807) is 6.07 Å². The van der Waals surface area contributed by atoms with Crippen LogP contribution in [0.15, 0.2) is 30.5 Å². The van der Waals surface area contributed by atoms with Gasteiger partial charge in [0.05, 0.1) is 11.4 Å². The summed E-state index contributed by atoms with van der Waals surface area (Å²) >= 11 is 0. The van der Waals surface area contributed by atoms with Gasteiger partial charge in [0.2, 0.25) is 0 Å². The van der Waals surface area contributed by atoms with Gasteiger partial charge in [-0.05, 0) is 31.5 Å². The lowest BCUT2D eigenvalue weighted by molar-refractivity contribution is 0.296. The van der Waals surface area contributed by atoms with Crippen LogP contribution in [0.25, 0.3) is 0 Å². The van der Waals surface area contributed by atoms with E-state index in [1.165, 1.54) is 12.1 Å². The highest BCUT2D eigenvalue weighted by molar-refractivity contribution is 5.43. The van der Waals surface area contributed by atoms with Crippen molar-refractivity contribution in [1.82, 2.24) is 9.78 Å².